The Morgan fingerprint density at radius 3 is 1.62 bits per heavy atom. The molecule has 0 heteroatoms. The number of hydrogen-bond acceptors (Lipinski definition) is 0. The maximum Gasteiger partial charge on any atom is -0.00199 e. The minimum Gasteiger partial charge on any atom is -0.0622 e. The second kappa shape index (κ2) is 10.7. The molecule has 0 bridgehead atoms. The van der Waals surface area contributed by atoms with Gasteiger partial charge >= 0.3 is 0 Å². The summed E-state index contributed by atoms with van der Waals surface area (Å²) < 4.78 is 0. The van der Waals surface area contributed by atoms with E-state index in [4.69, 9.17) is 0 Å². The van der Waals surface area contributed by atoms with E-state index in [1.807, 2.05) is 0 Å². The van der Waals surface area contributed by atoms with Crippen LogP contribution in [0.1, 0.15) is 0 Å². The Balaban J connectivity index is 1.32. The van der Waals surface area contributed by atoms with E-state index in [9.17, 15) is 0 Å². The molecule has 0 aliphatic carbocycles. The number of benzene rings is 10. The Kier molecular flexibility index (Phi) is 5.98. The van der Waals surface area contributed by atoms with Gasteiger partial charge in [0, 0.05) is 0 Å². The van der Waals surface area contributed by atoms with Crippen LogP contribution in [-0.2, 0) is 0 Å². The summed E-state index contributed by atoms with van der Waals surface area (Å²) in [7, 11) is 0. The Hall–Kier alpha value is -6.24. The van der Waals surface area contributed by atoms with Gasteiger partial charge in [-0.1, -0.05) is 164 Å². The molecule has 10 aromatic rings. The number of fused-ring (bicyclic) bond motifs is 7. The molecule has 0 spiro atoms. The zero-order chi connectivity index (χ0) is 31.6. The first-order chi connectivity index (χ1) is 23.8. The van der Waals surface area contributed by atoms with E-state index in [0.717, 1.165) is 0 Å². The molecule has 0 amide bonds. The average molecular weight is 607 g/mol. The molecule has 0 heterocycles. The molecule has 48 heavy (non-hydrogen) atoms. The van der Waals surface area contributed by atoms with Gasteiger partial charge in [0.25, 0.3) is 0 Å². The van der Waals surface area contributed by atoms with Crippen molar-refractivity contribution in [3.8, 4) is 33.4 Å². The summed E-state index contributed by atoms with van der Waals surface area (Å²) in [6, 6.07) is 67.2. The third-order valence-electron chi connectivity index (χ3n) is 10.2. The smallest absolute Gasteiger partial charge is 0.00199 e. The molecule has 0 aliphatic rings. The van der Waals surface area contributed by atoms with Crippen LogP contribution in [0.15, 0.2) is 182 Å². The lowest BCUT2D eigenvalue weighted by Crippen LogP contribution is -1.92. The average Bonchev–Trinajstić information content (AvgIpc) is 3.16. The molecular formula is C48H30. The van der Waals surface area contributed by atoms with E-state index >= 15 is 0 Å². The molecule has 0 radical (unpaired) electrons. The topological polar surface area (TPSA) is 0 Å². The molecule has 0 N–H and O–H groups in total. The summed E-state index contributed by atoms with van der Waals surface area (Å²) in [6.45, 7) is 0. The minimum absolute atomic E-state index is 1.23. The van der Waals surface area contributed by atoms with Crippen molar-refractivity contribution < 1.29 is 0 Å². The lowest BCUT2D eigenvalue weighted by molar-refractivity contribution is 1.65. The van der Waals surface area contributed by atoms with Gasteiger partial charge in [-0.05, 0) is 116 Å². The highest BCUT2D eigenvalue weighted by Crippen LogP contribution is 2.47. The van der Waals surface area contributed by atoms with Crippen molar-refractivity contribution in [2.24, 2.45) is 0 Å². The highest BCUT2D eigenvalue weighted by Gasteiger charge is 2.19. The Morgan fingerprint density at radius 1 is 0.208 bits per heavy atom. The Morgan fingerprint density at radius 2 is 0.792 bits per heavy atom. The van der Waals surface area contributed by atoms with Gasteiger partial charge in [-0.25, -0.2) is 0 Å². The molecule has 0 unspecified atom stereocenters. The molecule has 10 rings (SSSR count). The van der Waals surface area contributed by atoms with Crippen molar-refractivity contribution in [1.82, 2.24) is 0 Å². The van der Waals surface area contributed by atoms with Gasteiger partial charge in [0.05, 0.1) is 0 Å². The van der Waals surface area contributed by atoms with Gasteiger partial charge in [-0.15, -0.1) is 0 Å². The third kappa shape index (κ3) is 4.10. The predicted octanol–water partition coefficient (Wildman–Crippen LogP) is 13.6. The van der Waals surface area contributed by atoms with Crippen molar-refractivity contribution in [3.05, 3.63) is 182 Å². The second-order valence-corrected chi connectivity index (χ2v) is 12.8. The fourth-order valence-electron chi connectivity index (χ4n) is 8.03. The van der Waals surface area contributed by atoms with E-state index in [1.54, 1.807) is 0 Å². The van der Waals surface area contributed by atoms with Crippen molar-refractivity contribution in [2.75, 3.05) is 0 Å². The molecule has 0 nitrogen and oxygen atoms in total. The van der Waals surface area contributed by atoms with Crippen LogP contribution < -0.4 is 0 Å². The molecule has 0 fully saturated rings. The fraction of sp³-hybridized carbons (Fsp3) is 0. The third-order valence-corrected chi connectivity index (χ3v) is 10.2. The second-order valence-electron chi connectivity index (χ2n) is 12.8. The van der Waals surface area contributed by atoms with Crippen molar-refractivity contribution in [3.63, 3.8) is 0 Å². The maximum atomic E-state index is 2.45. The van der Waals surface area contributed by atoms with E-state index in [2.05, 4.69) is 182 Å². The normalized spacial score (nSPS) is 11.8. The SMILES string of the molecule is c1ccc(-c2c3ccccc3c(-c3cccc4ccccc34)c3cc(-c4cccc5c4ccc4cc6ccccc6cc45)ccc23)cc1. The fourth-order valence-corrected chi connectivity index (χ4v) is 8.03. The molecule has 0 atom stereocenters. The Labute approximate surface area is 279 Å². The number of rotatable bonds is 3. The van der Waals surface area contributed by atoms with Gasteiger partial charge in [0.15, 0.2) is 0 Å². The van der Waals surface area contributed by atoms with Crippen molar-refractivity contribution in [1.29, 1.82) is 0 Å². The molecule has 0 saturated carbocycles. The summed E-state index contributed by atoms with van der Waals surface area (Å²) in [6.07, 6.45) is 0. The van der Waals surface area contributed by atoms with Crippen LogP contribution in [0, 0.1) is 0 Å². The van der Waals surface area contributed by atoms with Crippen LogP contribution in [0.3, 0.4) is 0 Å². The lowest BCUT2D eigenvalue weighted by Gasteiger charge is -2.20. The first kappa shape index (κ1) is 26.9. The van der Waals surface area contributed by atoms with Gasteiger partial charge in [0.1, 0.15) is 0 Å². The van der Waals surface area contributed by atoms with E-state index in [-0.39, 0.29) is 0 Å². The monoisotopic (exact) mass is 606 g/mol. The Bertz CT molecular complexity index is 2870. The van der Waals surface area contributed by atoms with Crippen LogP contribution in [0.5, 0.6) is 0 Å². The quantitative estimate of drug-likeness (QED) is 0.139. The van der Waals surface area contributed by atoms with Crippen LogP contribution in [-0.4, -0.2) is 0 Å². The summed E-state index contributed by atoms with van der Waals surface area (Å²) in [5.41, 5.74) is 7.55. The highest BCUT2D eigenvalue weighted by molar-refractivity contribution is 6.24. The standard InChI is InChI=1S/C48H30/c1-2-13-32(14-3-1)47-42-19-8-9-20-43(42)48(41-23-10-17-31-12-6-7-18-37(31)41)46-30-36(25-27-44(46)47)38-21-11-22-39-40(38)26-24-35-28-33-15-4-5-16-34(33)29-45(35)39/h1-30H. The first-order valence-corrected chi connectivity index (χ1v) is 16.7. The zero-order valence-electron chi connectivity index (χ0n) is 26.3. The molecule has 222 valence electrons. The molecular weight excluding hydrogens is 577 g/mol. The van der Waals surface area contributed by atoms with Gasteiger partial charge in [0.2, 0.25) is 0 Å². The van der Waals surface area contributed by atoms with Crippen molar-refractivity contribution in [2.45, 2.75) is 0 Å². The molecule has 10 aromatic carbocycles. The van der Waals surface area contributed by atoms with Crippen LogP contribution in [0.2, 0.25) is 0 Å². The zero-order valence-corrected chi connectivity index (χ0v) is 26.3. The van der Waals surface area contributed by atoms with Crippen molar-refractivity contribution >= 4 is 64.6 Å². The predicted molar refractivity (Wildman–Crippen MR) is 208 cm³/mol. The summed E-state index contributed by atoms with van der Waals surface area (Å²) >= 11 is 0. The molecule has 0 aromatic heterocycles. The van der Waals surface area contributed by atoms with Crippen LogP contribution in [0.4, 0.5) is 0 Å². The lowest BCUT2D eigenvalue weighted by atomic mass is 9.83. The van der Waals surface area contributed by atoms with Crippen LogP contribution in [0.25, 0.3) is 98.0 Å². The number of hydrogen-bond donors (Lipinski definition) is 0. The van der Waals surface area contributed by atoms with Crippen LogP contribution >= 0.6 is 0 Å². The minimum atomic E-state index is 1.23. The molecule has 0 saturated heterocycles. The summed E-state index contributed by atoms with van der Waals surface area (Å²) in [5.74, 6) is 0. The van der Waals surface area contributed by atoms with Gasteiger partial charge in [-0.3, -0.25) is 0 Å². The highest BCUT2D eigenvalue weighted by atomic mass is 14.2. The largest absolute Gasteiger partial charge is 0.0622 e. The summed E-state index contributed by atoms with van der Waals surface area (Å²) in [5, 5.41) is 15.3. The molecule has 0 aliphatic heterocycles. The van der Waals surface area contributed by atoms with E-state index < -0.39 is 0 Å². The van der Waals surface area contributed by atoms with E-state index in [1.165, 1.54) is 98.0 Å². The maximum absolute atomic E-state index is 2.45. The van der Waals surface area contributed by atoms with Gasteiger partial charge < -0.3 is 0 Å². The van der Waals surface area contributed by atoms with E-state index in [0.29, 0.717) is 0 Å². The summed E-state index contributed by atoms with van der Waals surface area (Å²) in [4.78, 5) is 0. The first-order valence-electron chi connectivity index (χ1n) is 16.7. The van der Waals surface area contributed by atoms with Gasteiger partial charge in [-0.2, -0.15) is 0 Å².